The van der Waals surface area contributed by atoms with Crippen LogP contribution in [-0.4, -0.2) is 34.0 Å². The second kappa shape index (κ2) is 7.85. The summed E-state index contributed by atoms with van der Waals surface area (Å²) in [5.41, 5.74) is 0.0493. The van der Waals surface area contributed by atoms with Crippen molar-refractivity contribution in [1.82, 2.24) is 0 Å². The molecule has 2 aliphatic carbocycles. The van der Waals surface area contributed by atoms with Crippen molar-refractivity contribution in [3.05, 3.63) is 23.8 Å². The summed E-state index contributed by atoms with van der Waals surface area (Å²) in [6, 6.07) is 0. The summed E-state index contributed by atoms with van der Waals surface area (Å²) >= 11 is 0. The summed E-state index contributed by atoms with van der Waals surface area (Å²) in [4.78, 5) is 11.8. The smallest absolute Gasteiger partial charge is 0.302 e. The summed E-state index contributed by atoms with van der Waals surface area (Å²) < 4.78 is 5.79. The number of rotatable bonds is 2. The Balaban J connectivity index is 2.52. The number of hydrogen-bond acceptors (Lipinski definition) is 4. The third-order valence-electron chi connectivity index (χ3n) is 6.23. The molecule has 0 unspecified atom stereocenters. The standard InChI is InChI=1S/C22H36O4/c1-14-7-9-22(6)10-8-18(21(4,5)25)20(22)19(26-16(3)23)13-15(2)12-17(24)11-14/h7,9,12,14,17-20,24-25H,8,10-11,13H2,1-6H3/b9-7+,15-12+/t14-,17+,18-,19+,20-,22+/m1/s1. The monoisotopic (exact) mass is 364 g/mol. The van der Waals surface area contributed by atoms with Crippen LogP contribution in [0.1, 0.15) is 67.2 Å². The minimum atomic E-state index is -0.836. The Kier molecular flexibility index (Phi) is 6.40. The van der Waals surface area contributed by atoms with Gasteiger partial charge in [-0.05, 0) is 57.3 Å². The summed E-state index contributed by atoms with van der Waals surface area (Å²) in [7, 11) is 0. The van der Waals surface area contributed by atoms with Crippen LogP contribution in [0.3, 0.4) is 0 Å². The number of aliphatic hydroxyl groups is 2. The van der Waals surface area contributed by atoms with Crippen molar-refractivity contribution >= 4 is 5.97 Å². The molecule has 0 radical (unpaired) electrons. The summed E-state index contributed by atoms with van der Waals surface area (Å²) in [5.74, 6) is 0.0565. The number of hydrogen-bond donors (Lipinski definition) is 2. The van der Waals surface area contributed by atoms with E-state index in [2.05, 4.69) is 26.0 Å². The zero-order chi connectivity index (χ0) is 19.7. The van der Waals surface area contributed by atoms with Gasteiger partial charge in [-0.25, -0.2) is 0 Å². The molecule has 148 valence electrons. The van der Waals surface area contributed by atoms with Crippen LogP contribution in [0, 0.1) is 23.2 Å². The molecule has 0 aromatic rings. The molecule has 0 heterocycles. The molecule has 26 heavy (non-hydrogen) atoms. The third-order valence-corrected chi connectivity index (χ3v) is 6.23. The molecule has 0 aliphatic heterocycles. The Morgan fingerprint density at radius 1 is 1.38 bits per heavy atom. The number of carbonyl (C=O) groups is 1. The van der Waals surface area contributed by atoms with E-state index in [1.165, 1.54) is 6.92 Å². The number of allylic oxidation sites excluding steroid dienone is 2. The third kappa shape index (κ3) is 4.98. The first-order valence-electron chi connectivity index (χ1n) is 9.86. The van der Waals surface area contributed by atoms with Crippen LogP contribution in [0.5, 0.6) is 0 Å². The van der Waals surface area contributed by atoms with Crippen LogP contribution in [0.4, 0.5) is 0 Å². The van der Waals surface area contributed by atoms with Crippen LogP contribution in [0.15, 0.2) is 23.8 Å². The van der Waals surface area contributed by atoms with Gasteiger partial charge >= 0.3 is 5.97 Å². The van der Waals surface area contributed by atoms with E-state index in [1.54, 1.807) is 0 Å². The van der Waals surface area contributed by atoms with Crippen molar-refractivity contribution in [3.63, 3.8) is 0 Å². The molecule has 1 saturated carbocycles. The Bertz CT molecular complexity index is 571. The number of carbonyl (C=O) groups excluding carboxylic acids is 1. The van der Waals surface area contributed by atoms with Gasteiger partial charge < -0.3 is 14.9 Å². The average molecular weight is 365 g/mol. The van der Waals surface area contributed by atoms with E-state index < -0.39 is 11.7 Å². The lowest BCUT2D eigenvalue weighted by molar-refractivity contribution is -0.154. The van der Waals surface area contributed by atoms with E-state index in [0.717, 1.165) is 18.4 Å². The summed E-state index contributed by atoms with van der Waals surface area (Å²) in [6.45, 7) is 11.5. The van der Waals surface area contributed by atoms with Gasteiger partial charge in [0.15, 0.2) is 0 Å². The maximum Gasteiger partial charge on any atom is 0.302 e. The maximum atomic E-state index is 11.8. The van der Waals surface area contributed by atoms with Crippen LogP contribution in [0.25, 0.3) is 0 Å². The Morgan fingerprint density at radius 2 is 2.04 bits per heavy atom. The molecule has 2 N–H and O–H groups in total. The lowest BCUT2D eigenvalue weighted by atomic mass is 9.68. The van der Waals surface area contributed by atoms with Crippen molar-refractivity contribution in [3.8, 4) is 0 Å². The Morgan fingerprint density at radius 3 is 2.62 bits per heavy atom. The topological polar surface area (TPSA) is 66.8 Å². The van der Waals surface area contributed by atoms with Crippen LogP contribution in [-0.2, 0) is 9.53 Å². The fourth-order valence-electron chi connectivity index (χ4n) is 5.02. The predicted molar refractivity (Wildman–Crippen MR) is 103 cm³/mol. The number of esters is 1. The number of aliphatic hydroxyl groups excluding tert-OH is 1. The normalized spacial score (nSPS) is 42.2. The van der Waals surface area contributed by atoms with E-state index in [-0.39, 0.29) is 35.2 Å². The van der Waals surface area contributed by atoms with Gasteiger partial charge in [-0.2, -0.15) is 0 Å². The van der Waals surface area contributed by atoms with Gasteiger partial charge in [0, 0.05) is 19.3 Å². The van der Waals surface area contributed by atoms with Gasteiger partial charge in [0.05, 0.1) is 11.7 Å². The van der Waals surface area contributed by atoms with E-state index in [9.17, 15) is 15.0 Å². The van der Waals surface area contributed by atoms with Crippen molar-refractivity contribution in [2.45, 2.75) is 85.0 Å². The quantitative estimate of drug-likeness (QED) is 0.574. The largest absolute Gasteiger partial charge is 0.462 e. The number of ether oxygens (including phenoxy) is 1. The molecule has 0 amide bonds. The molecule has 0 saturated heterocycles. The van der Waals surface area contributed by atoms with Gasteiger partial charge in [-0.3, -0.25) is 4.79 Å². The molecule has 0 aromatic heterocycles. The highest BCUT2D eigenvalue weighted by Crippen LogP contribution is 2.54. The first kappa shape index (κ1) is 21.2. The fraction of sp³-hybridized carbons (Fsp3) is 0.773. The van der Waals surface area contributed by atoms with Crippen molar-refractivity contribution in [2.75, 3.05) is 0 Å². The fourth-order valence-corrected chi connectivity index (χ4v) is 5.02. The SMILES string of the molecule is CC(=O)O[C@H]1C/C(C)=C/[C@@H](O)C[C@H](C)/C=C/[C@@]2(C)CC[C@@H](C(C)(C)O)[C@H]12. The average Bonchev–Trinajstić information content (AvgIpc) is 2.81. The highest BCUT2D eigenvalue weighted by molar-refractivity contribution is 5.66. The predicted octanol–water partition coefficient (Wildman–Crippen LogP) is 4.01. The molecule has 6 atom stereocenters. The van der Waals surface area contributed by atoms with E-state index in [1.807, 2.05) is 26.8 Å². The molecule has 0 spiro atoms. The molecule has 0 aromatic carbocycles. The zero-order valence-electron chi connectivity index (χ0n) is 17.2. The van der Waals surface area contributed by atoms with E-state index in [0.29, 0.717) is 12.8 Å². The molecule has 1 fully saturated rings. The molecule has 0 bridgehead atoms. The second-order valence-electron chi connectivity index (χ2n) is 9.33. The van der Waals surface area contributed by atoms with Gasteiger partial charge in [0.1, 0.15) is 6.10 Å². The van der Waals surface area contributed by atoms with Gasteiger partial charge in [-0.15, -0.1) is 0 Å². The Labute approximate surface area is 158 Å². The summed E-state index contributed by atoms with van der Waals surface area (Å²) in [5, 5.41) is 21.1. The van der Waals surface area contributed by atoms with Crippen LogP contribution in [0.2, 0.25) is 0 Å². The number of fused-ring (bicyclic) bond motifs is 1. The molecular weight excluding hydrogens is 328 g/mol. The first-order valence-corrected chi connectivity index (χ1v) is 9.86. The lowest BCUT2D eigenvalue weighted by Gasteiger charge is -2.41. The molecule has 4 heteroatoms. The maximum absolute atomic E-state index is 11.8. The molecule has 2 rings (SSSR count). The van der Waals surface area contributed by atoms with Gasteiger partial charge in [0.25, 0.3) is 0 Å². The molecule has 2 aliphatic rings. The van der Waals surface area contributed by atoms with E-state index >= 15 is 0 Å². The van der Waals surface area contributed by atoms with Crippen LogP contribution >= 0.6 is 0 Å². The first-order chi connectivity index (χ1) is 11.9. The molecule has 4 nitrogen and oxygen atoms in total. The van der Waals surface area contributed by atoms with E-state index in [4.69, 9.17) is 4.74 Å². The minimum Gasteiger partial charge on any atom is -0.462 e. The Hall–Kier alpha value is -1.13. The van der Waals surface area contributed by atoms with Crippen molar-refractivity contribution in [2.24, 2.45) is 23.2 Å². The molecular formula is C22H36O4. The lowest BCUT2D eigenvalue weighted by Crippen LogP contribution is -2.44. The van der Waals surface area contributed by atoms with Crippen LogP contribution < -0.4 is 0 Å². The highest BCUT2D eigenvalue weighted by atomic mass is 16.5. The minimum absolute atomic E-state index is 0.0356. The van der Waals surface area contributed by atoms with Gasteiger partial charge in [-0.1, -0.05) is 37.6 Å². The highest BCUT2D eigenvalue weighted by Gasteiger charge is 2.53. The zero-order valence-corrected chi connectivity index (χ0v) is 17.2. The summed E-state index contributed by atoms with van der Waals surface area (Å²) in [6.07, 6.45) is 8.65. The second-order valence-corrected chi connectivity index (χ2v) is 9.33. The van der Waals surface area contributed by atoms with Crippen molar-refractivity contribution < 1.29 is 19.7 Å². The van der Waals surface area contributed by atoms with Crippen molar-refractivity contribution in [1.29, 1.82) is 0 Å². The van der Waals surface area contributed by atoms with Gasteiger partial charge in [0.2, 0.25) is 0 Å².